The summed E-state index contributed by atoms with van der Waals surface area (Å²) in [5.74, 6) is 0.913. The van der Waals surface area contributed by atoms with Crippen LogP contribution in [0, 0.1) is 0 Å². The minimum atomic E-state index is -3.68. The molecule has 0 aliphatic carbocycles. The number of hydrogen-bond donors (Lipinski definition) is 2. The third-order valence-corrected chi connectivity index (χ3v) is 5.39. The van der Waals surface area contributed by atoms with Gasteiger partial charge in [0.1, 0.15) is 0 Å². The highest BCUT2D eigenvalue weighted by atomic mass is 32.2. The van der Waals surface area contributed by atoms with E-state index in [1.54, 1.807) is 26.4 Å². The number of sulfonamides is 1. The molecule has 1 amide bonds. The van der Waals surface area contributed by atoms with Crippen molar-refractivity contribution in [1.29, 1.82) is 0 Å². The zero-order valence-electron chi connectivity index (χ0n) is 15.9. The van der Waals surface area contributed by atoms with Gasteiger partial charge >= 0.3 is 0 Å². The van der Waals surface area contributed by atoms with Crippen molar-refractivity contribution in [3.8, 4) is 11.5 Å². The van der Waals surface area contributed by atoms with Gasteiger partial charge in [0.05, 0.1) is 19.1 Å². The molecule has 0 aliphatic rings. The average molecular weight is 404 g/mol. The Kier molecular flexibility index (Phi) is 7.60. The van der Waals surface area contributed by atoms with Crippen molar-refractivity contribution in [1.82, 2.24) is 10.0 Å². The van der Waals surface area contributed by atoms with E-state index in [1.807, 2.05) is 12.1 Å². The van der Waals surface area contributed by atoms with Gasteiger partial charge in [-0.05, 0) is 42.3 Å². The van der Waals surface area contributed by atoms with Crippen LogP contribution in [0.2, 0.25) is 0 Å². The fourth-order valence-corrected chi connectivity index (χ4v) is 3.56. The predicted molar refractivity (Wildman–Crippen MR) is 107 cm³/mol. The summed E-state index contributed by atoms with van der Waals surface area (Å²) in [5.41, 5.74) is 1.25. The van der Waals surface area contributed by atoms with Crippen molar-refractivity contribution < 1.29 is 22.7 Å². The number of rotatable bonds is 10. The molecule has 2 rings (SSSR count). The minimum Gasteiger partial charge on any atom is -0.493 e. The smallest absolute Gasteiger partial charge is 0.251 e. The number of hydrogen-bond acceptors (Lipinski definition) is 5. The second kappa shape index (κ2) is 9.91. The van der Waals surface area contributed by atoms with Gasteiger partial charge in [-0.3, -0.25) is 4.79 Å². The van der Waals surface area contributed by atoms with Crippen LogP contribution in [-0.4, -0.2) is 41.6 Å². The van der Waals surface area contributed by atoms with Crippen molar-refractivity contribution in [2.24, 2.45) is 0 Å². The van der Waals surface area contributed by atoms with Crippen LogP contribution in [0.25, 0.3) is 0 Å². The Bertz CT molecular complexity index is 941. The lowest BCUT2D eigenvalue weighted by atomic mass is 10.1. The highest BCUT2D eigenvalue weighted by Crippen LogP contribution is 2.27. The second-order valence-electron chi connectivity index (χ2n) is 5.86. The summed E-state index contributed by atoms with van der Waals surface area (Å²) >= 11 is 0. The summed E-state index contributed by atoms with van der Waals surface area (Å²) in [6.45, 7) is 3.98. The molecule has 0 aliphatic heterocycles. The largest absolute Gasteiger partial charge is 0.493 e. The minimum absolute atomic E-state index is 0.0295. The van der Waals surface area contributed by atoms with E-state index in [2.05, 4.69) is 16.6 Å². The van der Waals surface area contributed by atoms with Gasteiger partial charge in [0, 0.05) is 18.7 Å². The molecule has 0 spiro atoms. The first kappa shape index (κ1) is 21.5. The van der Waals surface area contributed by atoms with Gasteiger partial charge in [-0.15, -0.1) is 6.58 Å². The summed E-state index contributed by atoms with van der Waals surface area (Å²) in [7, 11) is -0.551. The Hall–Kier alpha value is -2.84. The van der Waals surface area contributed by atoms with Gasteiger partial charge in [-0.25, -0.2) is 13.1 Å². The van der Waals surface area contributed by atoms with Gasteiger partial charge in [-0.2, -0.15) is 0 Å². The number of nitrogens with one attached hydrogen (secondary N) is 2. The van der Waals surface area contributed by atoms with Crippen molar-refractivity contribution in [2.45, 2.75) is 11.3 Å². The molecule has 0 atom stereocenters. The highest BCUT2D eigenvalue weighted by Gasteiger charge is 2.15. The topological polar surface area (TPSA) is 93.7 Å². The summed E-state index contributed by atoms with van der Waals surface area (Å²) in [5, 5.41) is 2.79. The monoisotopic (exact) mass is 404 g/mol. The Labute approximate surface area is 165 Å². The first-order valence-corrected chi connectivity index (χ1v) is 10.1. The quantitative estimate of drug-likeness (QED) is 0.592. The summed E-state index contributed by atoms with van der Waals surface area (Å²) in [4.78, 5) is 12.4. The molecule has 150 valence electrons. The lowest BCUT2D eigenvalue weighted by Gasteiger charge is -2.10. The van der Waals surface area contributed by atoms with Crippen LogP contribution < -0.4 is 19.5 Å². The van der Waals surface area contributed by atoms with Gasteiger partial charge < -0.3 is 14.8 Å². The fourth-order valence-electron chi connectivity index (χ4n) is 2.52. The summed E-state index contributed by atoms with van der Waals surface area (Å²) in [6, 6.07) is 11.4. The number of methoxy groups -OCH3 is 2. The van der Waals surface area contributed by atoms with Crippen molar-refractivity contribution in [3.05, 3.63) is 66.2 Å². The van der Waals surface area contributed by atoms with Crippen LogP contribution in [0.5, 0.6) is 11.5 Å². The maximum Gasteiger partial charge on any atom is 0.251 e. The second-order valence-corrected chi connectivity index (χ2v) is 7.63. The van der Waals surface area contributed by atoms with Gasteiger partial charge in [0.2, 0.25) is 10.0 Å². The molecule has 0 saturated heterocycles. The van der Waals surface area contributed by atoms with Crippen LogP contribution in [-0.2, 0) is 16.4 Å². The van der Waals surface area contributed by atoms with Crippen LogP contribution in [0.15, 0.2) is 60.0 Å². The van der Waals surface area contributed by atoms with Gasteiger partial charge in [0.25, 0.3) is 5.91 Å². The van der Waals surface area contributed by atoms with Crippen molar-refractivity contribution in [3.63, 3.8) is 0 Å². The molecule has 7 nitrogen and oxygen atoms in total. The van der Waals surface area contributed by atoms with E-state index in [1.165, 1.54) is 24.3 Å². The van der Waals surface area contributed by atoms with E-state index in [0.717, 1.165) is 5.56 Å². The number of amides is 1. The lowest BCUT2D eigenvalue weighted by molar-refractivity contribution is 0.0954. The van der Waals surface area contributed by atoms with Crippen LogP contribution in [0.3, 0.4) is 0 Å². The number of benzene rings is 2. The zero-order chi connectivity index (χ0) is 20.6. The fraction of sp³-hybridized carbons (Fsp3) is 0.250. The normalized spacial score (nSPS) is 10.9. The average Bonchev–Trinajstić information content (AvgIpc) is 2.72. The summed E-state index contributed by atoms with van der Waals surface area (Å²) < 4.78 is 37.2. The third kappa shape index (κ3) is 5.58. The molecule has 0 radical (unpaired) electrons. The number of carbonyl (C=O) groups is 1. The molecule has 28 heavy (non-hydrogen) atoms. The molecule has 2 aromatic carbocycles. The van der Waals surface area contributed by atoms with Crippen molar-refractivity contribution in [2.75, 3.05) is 27.3 Å². The van der Waals surface area contributed by atoms with Gasteiger partial charge in [-0.1, -0.05) is 18.2 Å². The molecule has 0 bridgehead atoms. The van der Waals surface area contributed by atoms with Crippen LogP contribution in [0.4, 0.5) is 0 Å². The lowest BCUT2D eigenvalue weighted by Crippen LogP contribution is -2.27. The first-order chi connectivity index (χ1) is 13.4. The van der Waals surface area contributed by atoms with Crippen LogP contribution >= 0.6 is 0 Å². The molecule has 2 N–H and O–H groups in total. The van der Waals surface area contributed by atoms with E-state index in [0.29, 0.717) is 24.5 Å². The highest BCUT2D eigenvalue weighted by molar-refractivity contribution is 7.89. The van der Waals surface area contributed by atoms with Crippen LogP contribution in [0.1, 0.15) is 15.9 Å². The number of ether oxygens (including phenoxy) is 2. The molecule has 0 heterocycles. The zero-order valence-corrected chi connectivity index (χ0v) is 16.7. The molecule has 0 unspecified atom stereocenters. The first-order valence-electron chi connectivity index (χ1n) is 8.61. The Morgan fingerprint density at radius 1 is 1.11 bits per heavy atom. The SMILES string of the molecule is C=CCNS(=O)(=O)c1cccc(C(=O)NCCc2ccc(OC)c(OC)c2)c1. The molecule has 8 heteroatoms. The summed E-state index contributed by atoms with van der Waals surface area (Å²) in [6.07, 6.45) is 2.03. The van der Waals surface area contributed by atoms with Crippen molar-refractivity contribution >= 4 is 15.9 Å². The predicted octanol–water partition coefficient (Wildman–Crippen LogP) is 2.14. The molecule has 0 fully saturated rings. The Morgan fingerprint density at radius 3 is 2.54 bits per heavy atom. The van der Waals surface area contributed by atoms with E-state index in [9.17, 15) is 13.2 Å². The Balaban J connectivity index is 2.00. The van der Waals surface area contributed by atoms with E-state index in [4.69, 9.17) is 9.47 Å². The Morgan fingerprint density at radius 2 is 1.86 bits per heavy atom. The number of carbonyl (C=O) groups excluding carboxylic acids is 1. The molecule has 2 aromatic rings. The molecule has 0 saturated carbocycles. The van der Waals surface area contributed by atoms with E-state index < -0.39 is 10.0 Å². The molecule has 0 aromatic heterocycles. The van der Waals surface area contributed by atoms with E-state index >= 15 is 0 Å². The van der Waals surface area contributed by atoms with Gasteiger partial charge in [0.15, 0.2) is 11.5 Å². The third-order valence-electron chi connectivity index (χ3n) is 3.97. The standard InChI is InChI=1S/C20H24N2O5S/c1-4-11-22-28(24,25)17-7-5-6-16(14-17)20(23)21-12-10-15-8-9-18(26-2)19(13-15)27-3/h4-9,13-14,22H,1,10-12H2,2-3H3,(H,21,23). The maximum absolute atomic E-state index is 12.4. The molecular formula is C20H24N2O5S. The molecular weight excluding hydrogens is 380 g/mol. The maximum atomic E-state index is 12.4. The van der Waals surface area contributed by atoms with E-state index in [-0.39, 0.29) is 22.9 Å².